The second kappa shape index (κ2) is 9.20. The summed E-state index contributed by atoms with van der Waals surface area (Å²) in [5.74, 6) is 0.389. The van der Waals surface area contributed by atoms with Crippen molar-refractivity contribution >= 4 is 34.8 Å². The summed E-state index contributed by atoms with van der Waals surface area (Å²) >= 11 is 1.56. The number of carbonyl (C=O) groups is 2. The maximum atomic E-state index is 13.3. The highest BCUT2D eigenvalue weighted by molar-refractivity contribution is 7.13. The second-order valence-corrected chi connectivity index (χ2v) is 8.42. The van der Waals surface area contributed by atoms with Crippen LogP contribution in [0.5, 0.6) is 5.75 Å². The van der Waals surface area contributed by atoms with Crippen LogP contribution in [0.25, 0.3) is 10.4 Å². The number of para-hydroxylation sites is 1. The summed E-state index contributed by atoms with van der Waals surface area (Å²) in [6.45, 7) is 1.39. The van der Waals surface area contributed by atoms with E-state index >= 15 is 0 Å². The molecule has 3 aromatic rings. The van der Waals surface area contributed by atoms with Gasteiger partial charge in [0, 0.05) is 22.7 Å². The first-order valence-electron chi connectivity index (χ1n) is 10.0. The average molecular weight is 437 g/mol. The van der Waals surface area contributed by atoms with E-state index in [2.05, 4.69) is 10.2 Å². The zero-order valence-electron chi connectivity index (χ0n) is 17.2. The Labute approximate surface area is 185 Å². The smallest absolute Gasteiger partial charge is 0.410 e. The molecule has 1 atom stereocenters. The number of amides is 3. The molecular formula is C23H24N4O3S. The van der Waals surface area contributed by atoms with Crippen molar-refractivity contribution in [3.63, 3.8) is 0 Å². The number of likely N-dealkylation sites (tertiary alicyclic amines) is 1. The normalized spacial score (nSPS) is 16.1. The Kier molecular flexibility index (Phi) is 6.20. The van der Waals surface area contributed by atoms with Crippen LogP contribution >= 0.6 is 11.3 Å². The van der Waals surface area contributed by atoms with Crippen molar-refractivity contribution in [3.05, 3.63) is 66.0 Å². The van der Waals surface area contributed by atoms with Crippen molar-refractivity contribution in [2.45, 2.75) is 12.5 Å². The fourth-order valence-electron chi connectivity index (χ4n) is 3.65. The van der Waals surface area contributed by atoms with Gasteiger partial charge in [0.25, 0.3) is 0 Å². The summed E-state index contributed by atoms with van der Waals surface area (Å²) < 4.78 is 5.49. The Hall–Kier alpha value is -3.36. The van der Waals surface area contributed by atoms with Crippen molar-refractivity contribution in [3.8, 4) is 16.2 Å². The highest BCUT2D eigenvalue weighted by Gasteiger charge is 2.35. The van der Waals surface area contributed by atoms with Gasteiger partial charge in [-0.25, -0.2) is 14.5 Å². The van der Waals surface area contributed by atoms with Crippen LogP contribution < -0.4 is 15.8 Å². The molecule has 0 saturated carbocycles. The maximum Gasteiger partial charge on any atom is 0.423 e. The average Bonchev–Trinajstić information content (AvgIpc) is 3.41. The highest BCUT2D eigenvalue weighted by Crippen LogP contribution is 2.33. The topological polar surface area (TPSA) is 87.9 Å². The van der Waals surface area contributed by atoms with Crippen LogP contribution in [0.3, 0.4) is 0 Å². The van der Waals surface area contributed by atoms with Crippen molar-refractivity contribution in [1.82, 2.24) is 9.80 Å². The van der Waals surface area contributed by atoms with Crippen LogP contribution in [0, 0.1) is 0 Å². The van der Waals surface area contributed by atoms with Crippen LogP contribution in [-0.4, -0.2) is 48.1 Å². The van der Waals surface area contributed by atoms with Crippen molar-refractivity contribution < 1.29 is 14.3 Å². The Morgan fingerprint density at radius 2 is 1.97 bits per heavy atom. The monoisotopic (exact) mass is 436 g/mol. The standard InChI is InChI=1S/C23H24N4O3S/c1-26-12-11-17(15-26)27(23(29)30-18-6-3-2-4-7-18)22(28)25-20-14-16(24)9-10-19(20)21-8-5-13-31-21/h2-10,13-14,17H,11-12,15,24H2,1H3,(H,25,28)/t17-/m1/s1. The minimum Gasteiger partial charge on any atom is -0.410 e. The first-order valence-corrected chi connectivity index (χ1v) is 10.9. The van der Waals surface area contributed by atoms with Gasteiger partial charge in [-0.05, 0) is 61.8 Å². The number of nitrogens with one attached hydrogen (secondary N) is 1. The van der Waals surface area contributed by atoms with Gasteiger partial charge in [-0.2, -0.15) is 0 Å². The lowest BCUT2D eigenvalue weighted by Gasteiger charge is -2.27. The number of rotatable bonds is 4. The third-order valence-electron chi connectivity index (χ3n) is 5.17. The number of anilines is 2. The predicted octanol–water partition coefficient (Wildman–Crippen LogP) is 4.73. The summed E-state index contributed by atoms with van der Waals surface area (Å²) in [5, 5.41) is 4.86. The zero-order chi connectivity index (χ0) is 21.8. The first kappa shape index (κ1) is 20.9. The molecule has 1 aliphatic rings. The number of likely N-dealkylation sites (N-methyl/N-ethyl adjacent to an activating group) is 1. The molecule has 0 aliphatic carbocycles. The van der Waals surface area contributed by atoms with Gasteiger partial charge in [0.05, 0.1) is 11.7 Å². The summed E-state index contributed by atoms with van der Waals surface area (Å²) in [6.07, 6.45) is -0.0201. The number of carbonyl (C=O) groups excluding carboxylic acids is 2. The van der Waals surface area contributed by atoms with E-state index in [4.69, 9.17) is 10.5 Å². The second-order valence-electron chi connectivity index (χ2n) is 7.47. The minimum atomic E-state index is -0.703. The van der Waals surface area contributed by atoms with E-state index in [1.165, 1.54) is 4.90 Å². The van der Waals surface area contributed by atoms with Crippen LogP contribution in [0.15, 0.2) is 66.0 Å². The quantitative estimate of drug-likeness (QED) is 0.577. The molecule has 1 aliphatic heterocycles. The molecule has 3 N–H and O–H groups in total. The Morgan fingerprint density at radius 1 is 1.16 bits per heavy atom. The van der Waals surface area contributed by atoms with Gasteiger partial charge in [0.2, 0.25) is 0 Å². The molecule has 0 bridgehead atoms. The van der Waals surface area contributed by atoms with Gasteiger partial charge in [0.1, 0.15) is 5.75 Å². The van der Waals surface area contributed by atoms with Gasteiger partial charge in [-0.1, -0.05) is 24.3 Å². The van der Waals surface area contributed by atoms with Gasteiger partial charge in [-0.15, -0.1) is 11.3 Å². The lowest BCUT2D eigenvalue weighted by molar-refractivity contribution is 0.143. The molecule has 8 heteroatoms. The molecule has 0 spiro atoms. The molecule has 1 fully saturated rings. The third kappa shape index (κ3) is 4.87. The van der Waals surface area contributed by atoms with E-state index in [0.29, 0.717) is 30.1 Å². The number of hydrogen-bond acceptors (Lipinski definition) is 6. The number of nitrogen functional groups attached to an aromatic ring is 1. The summed E-state index contributed by atoms with van der Waals surface area (Å²) in [7, 11) is 1.96. The van der Waals surface area contributed by atoms with Gasteiger partial charge in [0.15, 0.2) is 0 Å². The lowest BCUT2D eigenvalue weighted by Crippen LogP contribution is -2.49. The molecule has 1 aromatic heterocycles. The number of hydrogen-bond donors (Lipinski definition) is 2. The van der Waals surface area contributed by atoms with E-state index in [9.17, 15) is 9.59 Å². The first-order chi connectivity index (χ1) is 15.0. The van der Waals surface area contributed by atoms with Gasteiger partial charge >= 0.3 is 12.1 Å². The lowest BCUT2D eigenvalue weighted by atomic mass is 10.1. The number of urea groups is 1. The van der Waals surface area contributed by atoms with Crippen LogP contribution in [0.1, 0.15) is 6.42 Å². The van der Waals surface area contributed by atoms with E-state index in [-0.39, 0.29) is 6.04 Å². The number of ether oxygens (including phenoxy) is 1. The van der Waals surface area contributed by atoms with Crippen molar-refractivity contribution in [1.29, 1.82) is 0 Å². The predicted molar refractivity (Wildman–Crippen MR) is 123 cm³/mol. The molecule has 160 valence electrons. The molecule has 2 heterocycles. The van der Waals surface area contributed by atoms with E-state index in [1.807, 2.05) is 36.7 Å². The number of benzene rings is 2. The number of thiophene rings is 1. The number of imide groups is 1. The van der Waals surface area contributed by atoms with Crippen molar-refractivity contribution in [2.75, 3.05) is 31.2 Å². The summed E-state index contributed by atoms with van der Waals surface area (Å²) in [4.78, 5) is 30.6. The van der Waals surface area contributed by atoms with E-state index in [0.717, 1.165) is 17.0 Å². The van der Waals surface area contributed by atoms with E-state index < -0.39 is 12.1 Å². The fraction of sp³-hybridized carbons (Fsp3) is 0.217. The molecular weight excluding hydrogens is 412 g/mol. The molecule has 3 amide bonds. The highest BCUT2D eigenvalue weighted by atomic mass is 32.1. The number of nitrogens with zero attached hydrogens (tertiary/aromatic N) is 2. The molecule has 0 radical (unpaired) electrons. The Balaban J connectivity index is 1.61. The van der Waals surface area contributed by atoms with Gasteiger partial charge in [-0.3, -0.25) is 0 Å². The van der Waals surface area contributed by atoms with Crippen LogP contribution in [-0.2, 0) is 0 Å². The van der Waals surface area contributed by atoms with E-state index in [1.54, 1.807) is 47.7 Å². The molecule has 1 saturated heterocycles. The van der Waals surface area contributed by atoms with Crippen molar-refractivity contribution in [2.24, 2.45) is 0 Å². The molecule has 0 unspecified atom stereocenters. The Bertz CT molecular complexity index is 1060. The molecule has 4 rings (SSSR count). The SMILES string of the molecule is CN1CC[C@@H](N(C(=O)Nc2cc(N)ccc2-c2cccs2)C(=O)Oc2ccccc2)C1. The number of nitrogens with two attached hydrogens (primary N) is 1. The summed E-state index contributed by atoms with van der Waals surface area (Å²) in [6, 6.07) is 17.2. The fourth-order valence-corrected chi connectivity index (χ4v) is 4.41. The molecule has 31 heavy (non-hydrogen) atoms. The third-order valence-corrected chi connectivity index (χ3v) is 6.07. The maximum absolute atomic E-state index is 13.3. The Morgan fingerprint density at radius 3 is 2.65 bits per heavy atom. The zero-order valence-corrected chi connectivity index (χ0v) is 18.0. The van der Waals surface area contributed by atoms with Crippen LogP contribution in [0.2, 0.25) is 0 Å². The molecule has 7 nitrogen and oxygen atoms in total. The minimum absolute atomic E-state index is 0.285. The largest absolute Gasteiger partial charge is 0.423 e. The van der Waals surface area contributed by atoms with Crippen LogP contribution in [0.4, 0.5) is 21.0 Å². The van der Waals surface area contributed by atoms with Gasteiger partial charge < -0.3 is 20.7 Å². The summed E-state index contributed by atoms with van der Waals surface area (Å²) in [5.41, 5.74) is 7.90. The molecule has 2 aromatic carbocycles.